The number of fused-ring (bicyclic) bond motifs is 4. The van der Waals surface area contributed by atoms with Crippen LogP contribution in [0, 0.1) is 0 Å². The maximum Gasteiger partial charge on any atom is 0.280 e. The lowest BCUT2D eigenvalue weighted by Gasteiger charge is -2.11. The maximum atomic E-state index is 13.1. The molecule has 6 rings (SSSR count). The highest BCUT2D eigenvalue weighted by Gasteiger charge is 2.16. The van der Waals surface area contributed by atoms with E-state index in [4.69, 9.17) is 9.47 Å². The van der Waals surface area contributed by atoms with Crippen molar-refractivity contribution in [1.82, 2.24) is 29.2 Å². The number of ether oxygens (including phenoxy) is 2. The number of pyridine rings is 2. The Bertz CT molecular complexity index is 1610. The normalized spacial score (nSPS) is 13.1. The zero-order valence-electron chi connectivity index (χ0n) is 17.7. The van der Waals surface area contributed by atoms with Gasteiger partial charge in [-0.2, -0.15) is 9.50 Å². The second-order valence-electron chi connectivity index (χ2n) is 7.58. The second-order valence-corrected chi connectivity index (χ2v) is 7.58. The molecule has 0 fully saturated rings. The molecule has 1 aliphatic heterocycles. The van der Waals surface area contributed by atoms with Crippen LogP contribution in [0.1, 0.15) is 16.8 Å². The van der Waals surface area contributed by atoms with E-state index in [2.05, 4.69) is 25.5 Å². The summed E-state index contributed by atoms with van der Waals surface area (Å²) >= 11 is 0. The third-order valence-corrected chi connectivity index (χ3v) is 5.40. The van der Waals surface area contributed by atoms with Crippen LogP contribution in [-0.4, -0.2) is 48.4 Å². The van der Waals surface area contributed by atoms with Gasteiger partial charge in [-0.15, -0.1) is 5.10 Å². The molecule has 168 valence electrons. The van der Waals surface area contributed by atoms with Gasteiger partial charge in [0.1, 0.15) is 0 Å². The molecule has 0 unspecified atom stereocenters. The molecule has 11 heteroatoms. The van der Waals surface area contributed by atoms with Crippen LogP contribution in [0.4, 0.5) is 0 Å². The number of hydrogen-bond acceptors (Lipinski definition) is 8. The van der Waals surface area contributed by atoms with Crippen molar-refractivity contribution in [2.45, 2.75) is 6.42 Å². The Morgan fingerprint density at radius 1 is 1.03 bits per heavy atom. The maximum absolute atomic E-state index is 13.1. The molecule has 34 heavy (non-hydrogen) atoms. The van der Waals surface area contributed by atoms with Gasteiger partial charge in [0, 0.05) is 42.3 Å². The first-order chi connectivity index (χ1) is 16.7. The van der Waals surface area contributed by atoms with E-state index in [1.165, 1.54) is 16.9 Å². The predicted octanol–water partition coefficient (Wildman–Crippen LogP) is 2.05. The fourth-order valence-electron chi connectivity index (χ4n) is 3.71. The van der Waals surface area contributed by atoms with Gasteiger partial charge in [0.15, 0.2) is 17.3 Å². The van der Waals surface area contributed by atoms with Crippen molar-refractivity contribution in [3.63, 3.8) is 0 Å². The minimum Gasteiger partial charge on any atom is -0.490 e. The lowest BCUT2D eigenvalue weighted by molar-refractivity contribution is 0.101. The Morgan fingerprint density at radius 2 is 1.85 bits per heavy atom. The van der Waals surface area contributed by atoms with Crippen molar-refractivity contribution in [3.8, 4) is 22.9 Å². The molecule has 1 aromatic carbocycles. The molecule has 1 N–H and O–H groups in total. The van der Waals surface area contributed by atoms with Crippen molar-refractivity contribution in [2.24, 2.45) is 0 Å². The lowest BCUT2D eigenvalue weighted by atomic mass is 10.2. The average Bonchev–Trinajstić information content (AvgIpc) is 3.17. The number of hydrogen-bond donors (Lipinski definition) is 1. The van der Waals surface area contributed by atoms with E-state index in [1.807, 2.05) is 0 Å². The molecule has 0 atom stereocenters. The zero-order valence-corrected chi connectivity index (χ0v) is 17.7. The average molecular weight is 455 g/mol. The number of carbonyl (C=O) groups is 1. The van der Waals surface area contributed by atoms with Gasteiger partial charge in [-0.05, 0) is 36.4 Å². The summed E-state index contributed by atoms with van der Waals surface area (Å²) in [5.74, 6) is 1.44. The molecule has 1 amide bonds. The van der Waals surface area contributed by atoms with Gasteiger partial charge in [0.25, 0.3) is 17.2 Å². The number of amides is 1. The number of benzene rings is 1. The number of carbonyl (C=O) groups excluding carboxylic acids is 1. The van der Waals surface area contributed by atoms with Crippen molar-refractivity contribution >= 4 is 22.6 Å². The number of nitrogens with zero attached hydrogens (tertiary/aromatic N) is 6. The molecular formula is C23H17N7O4. The molecule has 0 saturated carbocycles. The van der Waals surface area contributed by atoms with Gasteiger partial charge < -0.3 is 9.47 Å². The molecule has 0 saturated heterocycles. The SMILES string of the molecule is O=C(Nn1ccc2c(cnc3nc(-c4ccncc4)nn32)c1=O)c1ccc2c(c1)OCCCO2. The van der Waals surface area contributed by atoms with Crippen molar-refractivity contribution in [3.05, 3.63) is 77.1 Å². The number of aromatic nitrogens is 6. The summed E-state index contributed by atoms with van der Waals surface area (Å²) in [5.41, 5.74) is 3.80. The van der Waals surface area contributed by atoms with Crippen molar-refractivity contribution < 1.29 is 14.3 Å². The Labute approximate surface area is 191 Å². The zero-order chi connectivity index (χ0) is 23.1. The van der Waals surface area contributed by atoms with Crippen molar-refractivity contribution in [1.29, 1.82) is 0 Å². The monoisotopic (exact) mass is 455 g/mol. The van der Waals surface area contributed by atoms with Crippen LogP contribution in [0.25, 0.3) is 28.1 Å². The summed E-state index contributed by atoms with van der Waals surface area (Å²) in [6.07, 6.45) is 6.96. The summed E-state index contributed by atoms with van der Waals surface area (Å²) in [6, 6.07) is 10.2. The van der Waals surface area contributed by atoms with E-state index in [0.717, 1.165) is 16.7 Å². The predicted molar refractivity (Wildman–Crippen MR) is 122 cm³/mol. The van der Waals surface area contributed by atoms with Crippen molar-refractivity contribution in [2.75, 3.05) is 18.6 Å². The smallest absolute Gasteiger partial charge is 0.280 e. The largest absolute Gasteiger partial charge is 0.490 e. The van der Waals surface area contributed by atoms with Crippen LogP contribution >= 0.6 is 0 Å². The van der Waals surface area contributed by atoms with Crippen LogP contribution in [0.15, 0.2) is 66.0 Å². The first-order valence-corrected chi connectivity index (χ1v) is 10.6. The van der Waals surface area contributed by atoms with Gasteiger partial charge in [-0.1, -0.05) is 0 Å². The number of rotatable bonds is 3. The Balaban J connectivity index is 1.34. The van der Waals surface area contributed by atoms with Crippen LogP contribution in [0.2, 0.25) is 0 Å². The summed E-state index contributed by atoms with van der Waals surface area (Å²) in [7, 11) is 0. The van der Waals surface area contributed by atoms with Gasteiger partial charge in [0.2, 0.25) is 0 Å². The topological polar surface area (TPSA) is 126 Å². The molecule has 0 bridgehead atoms. The molecule has 0 aliphatic carbocycles. The van der Waals surface area contributed by atoms with Gasteiger partial charge >= 0.3 is 0 Å². The minimum absolute atomic E-state index is 0.278. The van der Waals surface area contributed by atoms with E-state index >= 15 is 0 Å². The van der Waals surface area contributed by atoms with Gasteiger partial charge in [0.05, 0.1) is 24.1 Å². The Kier molecular flexibility index (Phi) is 4.65. The van der Waals surface area contributed by atoms with Crippen LogP contribution in [-0.2, 0) is 0 Å². The quantitative estimate of drug-likeness (QED) is 0.438. The van der Waals surface area contributed by atoms with Crippen LogP contribution < -0.4 is 20.5 Å². The molecule has 4 aromatic heterocycles. The third-order valence-electron chi connectivity index (χ3n) is 5.40. The first kappa shape index (κ1) is 19.9. The lowest BCUT2D eigenvalue weighted by Crippen LogP contribution is -2.33. The number of nitrogens with one attached hydrogen (secondary N) is 1. The van der Waals surface area contributed by atoms with E-state index in [0.29, 0.717) is 47.4 Å². The molecule has 1 aliphatic rings. The molecule has 5 heterocycles. The van der Waals surface area contributed by atoms with Gasteiger partial charge in [-0.25, -0.2) is 9.66 Å². The summed E-state index contributed by atoms with van der Waals surface area (Å²) in [5, 5.41) is 4.77. The molecule has 11 nitrogen and oxygen atoms in total. The Hall–Kier alpha value is -4.80. The molecule has 0 radical (unpaired) electrons. The minimum atomic E-state index is -0.466. The molecule has 0 spiro atoms. The van der Waals surface area contributed by atoms with Crippen LogP contribution in [0.5, 0.6) is 11.5 Å². The van der Waals surface area contributed by atoms with E-state index in [9.17, 15) is 9.59 Å². The van der Waals surface area contributed by atoms with Gasteiger partial charge in [-0.3, -0.25) is 20.0 Å². The molecule has 5 aromatic rings. The van der Waals surface area contributed by atoms with E-state index in [-0.39, 0.29) is 5.39 Å². The highest BCUT2D eigenvalue weighted by atomic mass is 16.5. The summed E-state index contributed by atoms with van der Waals surface area (Å²) in [6.45, 7) is 1.07. The second kappa shape index (κ2) is 7.96. The highest BCUT2D eigenvalue weighted by molar-refractivity contribution is 6.00. The van der Waals surface area contributed by atoms with E-state index < -0.39 is 11.5 Å². The summed E-state index contributed by atoms with van der Waals surface area (Å²) < 4.78 is 13.9. The van der Waals surface area contributed by atoms with E-state index in [1.54, 1.807) is 48.8 Å². The third kappa shape index (κ3) is 3.39. The highest BCUT2D eigenvalue weighted by Crippen LogP contribution is 2.30. The standard InChI is InChI=1S/C23H17N7O4/c31-21(15-2-3-18-19(12-15)34-11-1-10-33-18)28-29-9-6-17-16(22(29)32)13-25-23-26-20(27-30(17)23)14-4-7-24-8-5-14/h2-9,12-13H,1,10-11H2,(H,28,31). The fraction of sp³-hybridized carbons (Fsp3) is 0.130. The molecular weight excluding hydrogens is 438 g/mol. The Morgan fingerprint density at radius 3 is 2.71 bits per heavy atom. The fourth-order valence-corrected chi connectivity index (χ4v) is 3.71. The summed E-state index contributed by atoms with van der Waals surface area (Å²) in [4.78, 5) is 38.6. The first-order valence-electron chi connectivity index (χ1n) is 10.6. The van der Waals surface area contributed by atoms with Crippen LogP contribution in [0.3, 0.4) is 0 Å².